The fourth-order valence-corrected chi connectivity index (χ4v) is 0.952. The molecule has 1 unspecified atom stereocenters. The van der Waals surface area contributed by atoms with E-state index in [4.69, 9.17) is 4.74 Å². The fourth-order valence-electron chi connectivity index (χ4n) is 0.952. The third-order valence-electron chi connectivity index (χ3n) is 1.76. The monoisotopic (exact) mass is 158 g/mol. The molecule has 0 amide bonds. The Bertz CT molecular complexity index is 110. The standard InChI is InChI=1S/C9H18O2/c1-4-9(10)6-5-8(2)7-11-3/h8H,4-7H2,1-3H3. The van der Waals surface area contributed by atoms with Crippen LogP contribution in [0.2, 0.25) is 0 Å². The van der Waals surface area contributed by atoms with Crippen molar-refractivity contribution in [3.63, 3.8) is 0 Å². The molecule has 0 heterocycles. The van der Waals surface area contributed by atoms with Crippen molar-refractivity contribution >= 4 is 5.78 Å². The van der Waals surface area contributed by atoms with Crippen LogP contribution in [0.5, 0.6) is 0 Å². The first kappa shape index (κ1) is 10.6. The van der Waals surface area contributed by atoms with E-state index in [0.717, 1.165) is 13.0 Å². The van der Waals surface area contributed by atoms with E-state index in [2.05, 4.69) is 6.92 Å². The van der Waals surface area contributed by atoms with Crippen LogP contribution < -0.4 is 0 Å². The molecule has 0 N–H and O–H groups in total. The van der Waals surface area contributed by atoms with Gasteiger partial charge in [-0.1, -0.05) is 13.8 Å². The Labute approximate surface area is 68.9 Å². The molecule has 0 bridgehead atoms. The van der Waals surface area contributed by atoms with Gasteiger partial charge in [-0.25, -0.2) is 0 Å². The van der Waals surface area contributed by atoms with Crippen molar-refractivity contribution in [3.05, 3.63) is 0 Å². The first-order valence-electron chi connectivity index (χ1n) is 4.21. The van der Waals surface area contributed by atoms with Crippen molar-refractivity contribution in [1.82, 2.24) is 0 Å². The van der Waals surface area contributed by atoms with E-state index in [1.54, 1.807) is 7.11 Å². The zero-order valence-electron chi connectivity index (χ0n) is 7.72. The van der Waals surface area contributed by atoms with Crippen LogP contribution in [0.3, 0.4) is 0 Å². The summed E-state index contributed by atoms with van der Waals surface area (Å²) in [5.74, 6) is 0.864. The Hall–Kier alpha value is -0.370. The molecule has 0 radical (unpaired) electrons. The summed E-state index contributed by atoms with van der Waals surface area (Å²) in [5, 5.41) is 0. The lowest BCUT2D eigenvalue weighted by atomic mass is 10.0. The van der Waals surface area contributed by atoms with Crippen molar-refractivity contribution in [1.29, 1.82) is 0 Å². The summed E-state index contributed by atoms with van der Waals surface area (Å²) in [7, 11) is 1.69. The highest BCUT2D eigenvalue weighted by atomic mass is 16.5. The van der Waals surface area contributed by atoms with Gasteiger partial charge in [0, 0.05) is 26.6 Å². The summed E-state index contributed by atoms with van der Waals surface area (Å²) < 4.78 is 4.96. The van der Waals surface area contributed by atoms with Crippen LogP contribution in [-0.2, 0) is 9.53 Å². The number of methoxy groups -OCH3 is 1. The third-order valence-corrected chi connectivity index (χ3v) is 1.76. The largest absolute Gasteiger partial charge is 0.384 e. The molecule has 66 valence electrons. The van der Waals surface area contributed by atoms with Crippen molar-refractivity contribution in [2.24, 2.45) is 5.92 Å². The van der Waals surface area contributed by atoms with Gasteiger partial charge in [0.25, 0.3) is 0 Å². The van der Waals surface area contributed by atoms with Gasteiger partial charge in [0.15, 0.2) is 0 Å². The number of ketones is 1. The Morgan fingerprint density at radius 1 is 1.55 bits per heavy atom. The smallest absolute Gasteiger partial charge is 0.132 e. The minimum Gasteiger partial charge on any atom is -0.384 e. The molecule has 0 aromatic carbocycles. The summed E-state index contributed by atoms with van der Waals surface area (Å²) in [6.07, 6.45) is 2.33. The number of ether oxygens (including phenoxy) is 1. The molecule has 2 heteroatoms. The molecule has 0 aliphatic carbocycles. The molecule has 0 aliphatic rings. The molecule has 0 aliphatic heterocycles. The molecule has 0 rings (SSSR count). The topological polar surface area (TPSA) is 26.3 Å². The fraction of sp³-hybridized carbons (Fsp3) is 0.889. The number of hydrogen-bond donors (Lipinski definition) is 0. The lowest BCUT2D eigenvalue weighted by molar-refractivity contribution is -0.119. The molecule has 2 nitrogen and oxygen atoms in total. The molecular formula is C9H18O2. The Morgan fingerprint density at radius 2 is 2.18 bits per heavy atom. The van der Waals surface area contributed by atoms with Gasteiger partial charge < -0.3 is 4.74 Å². The normalized spacial score (nSPS) is 13.0. The number of hydrogen-bond acceptors (Lipinski definition) is 2. The minimum atomic E-state index is 0.355. The van der Waals surface area contributed by atoms with Gasteiger partial charge >= 0.3 is 0 Å². The first-order chi connectivity index (χ1) is 5.20. The summed E-state index contributed by atoms with van der Waals surface area (Å²) in [5.41, 5.74) is 0. The maximum atomic E-state index is 10.9. The van der Waals surface area contributed by atoms with Crippen molar-refractivity contribution in [2.45, 2.75) is 33.1 Å². The van der Waals surface area contributed by atoms with E-state index in [0.29, 0.717) is 24.5 Å². The van der Waals surface area contributed by atoms with Gasteiger partial charge in [0.2, 0.25) is 0 Å². The molecule has 0 saturated heterocycles. The second kappa shape index (κ2) is 6.35. The van der Waals surface area contributed by atoms with Gasteiger partial charge in [-0.3, -0.25) is 4.79 Å². The van der Waals surface area contributed by atoms with Crippen molar-refractivity contribution in [2.75, 3.05) is 13.7 Å². The highest BCUT2D eigenvalue weighted by Gasteiger charge is 2.04. The summed E-state index contributed by atoms with van der Waals surface area (Å²) in [6, 6.07) is 0. The summed E-state index contributed by atoms with van der Waals surface area (Å²) in [6.45, 7) is 4.77. The lowest BCUT2D eigenvalue weighted by Crippen LogP contribution is -2.06. The third kappa shape index (κ3) is 6.05. The highest BCUT2D eigenvalue weighted by Crippen LogP contribution is 2.06. The average molecular weight is 158 g/mol. The van der Waals surface area contributed by atoms with Crippen molar-refractivity contribution in [3.8, 4) is 0 Å². The first-order valence-corrected chi connectivity index (χ1v) is 4.21. The minimum absolute atomic E-state index is 0.355. The second-order valence-electron chi connectivity index (χ2n) is 2.99. The molecule has 0 aromatic heterocycles. The van der Waals surface area contributed by atoms with Crippen LogP contribution in [0.4, 0.5) is 0 Å². The lowest BCUT2D eigenvalue weighted by Gasteiger charge is -2.07. The van der Waals surface area contributed by atoms with Crippen LogP contribution in [0.25, 0.3) is 0 Å². The van der Waals surface area contributed by atoms with Gasteiger partial charge in [-0.15, -0.1) is 0 Å². The highest BCUT2D eigenvalue weighted by molar-refractivity contribution is 5.77. The summed E-state index contributed by atoms with van der Waals surface area (Å²) in [4.78, 5) is 10.9. The predicted molar refractivity (Wildman–Crippen MR) is 45.6 cm³/mol. The van der Waals surface area contributed by atoms with Gasteiger partial charge in [0.1, 0.15) is 5.78 Å². The van der Waals surface area contributed by atoms with Gasteiger partial charge in [0.05, 0.1) is 0 Å². The molecule has 1 atom stereocenters. The molecule has 0 spiro atoms. The van der Waals surface area contributed by atoms with Gasteiger partial charge in [-0.2, -0.15) is 0 Å². The molecular weight excluding hydrogens is 140 g/mol. The SMILES string of the molecule is CCC(=O)CCC(C)COC. The molecule has 11 heavy (non-hydrogen) atoms. The predicted octanol–water partition coefficient (Wildman–Crippen LogP) is 2.03. The number of carbonyl (C=O) groups excluding carboxylic acids is 1. The van der Waals surface area contributed by atoms with Crippen LogP contribution >= 0.6 is 0 Å². The van der Waals surface area contributed by atoms with Crippen LogP contribution in [0, 0.1) is 5.92 Å². The molecule has 0 saturated carbocycles. The van der Waals surface area contributed by atoms with Crippen LogP contribution in [-0.4, -0.2) is 19.5 Å². The van der Waals surface area contributed by atoms with Crippen LogP contribution in [0.1, 0.15) is 33.1 Å². The quantitative estimate of drug-likeness (QED) is 0.591. The second-order valence-corrected chi connectivity index (χ2v) is 2.99. The maximum Gasteiger partial charge on any atom is 0.132 e. The zero-order valence-corrected chi connectivity index (χ0v) is 7.72. The Morgan fingerprint density at radius 3 is 2.64 bits per heavy atom. The summed E-state index contributed by atoms with van der Waals surface area (Å²) >= 11 is 0. The average Bonchev–Trinajstić information content (AvgIpc) is 2.01. The van der Waals surface area contributed by atoms with E-state index < -0.39 is 0 Å². The van der Waals surface area contributed by atoms with E-state index in [1.807, 2.05) is 6.92 Å². The Balaban J connectivity index is 3.29. The van der Waals surface area contributed by atoms with Gasteiger partial charge in [-0.05, 0) is 12.3 Å². The Kier molecular flexibility index (Phi) is 6.13. The number of rotatable bonds is 6. The maximum absolute atomic E-state index is 10.9. The van der Waals surface area contributed by atoms with Crippen LogP contribution in [0.15, 0.2) is 0 Å². The van der Waals surface area contributed by atoms with E-state index in [1.165, 1.54) is 0 Å². The molecule has 0 fully saturated rings. The van der Waals surface area contributed by atoms with Crippen molar-refractivity contribution < 1.29 is 9.53 Å². The zero-order chi connectivity index (χ0) is 8.69. The van der Waals surface area contributed by atoms with E-state index in [-0.39, 0.29) is 0 Å². The molecule has 0 aromatic rings. The number of Topliss-reactive ketones (excluding diaryl/α,β-unsaturated/α-hetero) is 1. The number of carbonyl (C=O) groups is 1. The van der Waals surface area contributed by atoms with E-state index in [9.17, 15) is 4.79 Å². The van der Waals surface area contributed by atoms with E-state index >= 15 is 0 Å².